The average Bonchev–Trinajstić information content (AvgIpc) is 3.31. The van der Waals surface area contributed by atoms with Crippen LogP contribution in [0.5, 0.6) is 6.01 Å². The molecule has 0 saturated carbocycles. The predicted molar refractivity (Wildman–Crippen MR) is 166 cm³/mol. The topological polar surface area (TPSA) is 92.3 Å². The first-order valence-electron chi connectivity index (χ1n) is 15.8. The van der Waals surface area contributed by atoms with E-state index in [0.717, 1.165) is 69.9 Å². The van der Waals surface area contributed by atoms with Gasteiger partial charge < -0.3 is 34.2 Å². The number of hydrogen-bond acceptors (Lipinski definition) is 9. The molecule has 2 unspecified atom stereocenters. The van der Waals surface area contributed by atoms with E-state index in [0.29, 0.717) is 25.6 Å². The van der Waals surface area contributed by atoms with Crippen molar-refractivity contribution in [2.75, 3.05) is 62.8 Å². The Hall–Kier alpha value is -3.47. The number of piperazine rings is 1. The van der Waals surface area contributed by atoms with Gasteiger partial charge in [-0.2, -0.15) is 9.97 Å². The molecule has 3 saturated heterocycles. The van der Waals surface area contributed by atoms with Crippen LogP contribution in [0.4, 0.5) is 11.5 Å². The van der Waals surface area contributed by atoms with Gasteiger partial charge in [0.15, 0.2) is 6.29 Å². The summed E-state index contributed by atoms with van der Waals surface area (Å²) in [5.41, 5.74) is 4.74. The summed E-state index contributed by atoms with van der Waals surface area (Å²) >= 11 is 0. The molecule has 5 heterocycles. The molecule has 4 aliphatic rings. The Bertz CT molecular complexity index is 1470. The largest absolute Gasteiger partial charge is 0.461 e. The lowest BCUT2D eigenvalue weighted by molar-refractivity contribution is -0.193. The van der Waals surface area contributed by atoms with Crippen LogP contribution >= 0.6 is 0 Å². The van der Waals surface area contributed by atoms with Gasteiger partial charge in [-0.15, -0.1) is 0 Å². The van der Waals surface area contributed by atoms with Crippen LogP contribution in [-0.2, 0) is 27.2 Å². The molecule has 0 spiro atoms. The van der Waals surface area contributed by atoms with Gasteiger partial charge in [0.05, 0.1) is 30.8 Å². The van der Waals surface area contributed by atoms with Crippen LogP contribution in [0.1, 0.15) is 42.5 Å². The average molecular weight is 587 g/mol. The third kappa shape index (κ3) is 5.75. The van der Waals surface area contributed by atoms with Crippen LogP contribution in [0.15, 0.2) is 36.4 Å². The standard InChI is InChI=1S/C33H42N6O4/c1-22-7-5-8-23-9-6-10-26(31(22)23)39-15-12-24-25(20-39)35-33(36-32(24)38-16-13-34-14-17-38)42-21-27-28(19-29(40)37(27)2)43-30-11-3-4-18-41-30/h5-10,27-28,30,34H,3-4,11-21H2,1-2H3/t27-,28?,30?/m1/s1. The SMILES string of the molecule is Cc1cccc2cccc(N3CCc4c(nc(OC[C@@H]5C(OC6CCCCO6)CC(=O)N5C)nc4N4CCNCC4)C3)c12. The molecule has 43 heavy (non-hydrogen) atoms. The first kappa shape index (κ1) is 28.3. The number of aryl methyl sites for hydroxylation is 1. The lowest BCUT2D eigenvalue weighted by Gasteiger charge is -2.35. The summed E-state index contributed by atoms with van der Waals surface area (Å²) < 4.78 is 18.5. The molecule has 10 heteroatoms. The maximum absolute atomic E-state index is 12.7. The summed E-state index contributed by atoms with van der Waals surface area (Å²) in [6.45, 7) is 8.39. The number of aromatic nitrogens is 2. The van der Waals surface area contributed by atoms with Gasteiger partial charge in [0.2, 0.25) is 5.91 Å². The zero-order chi connectivity index (χ0) is 29.3. The molecule has 7 rings (SSSR count). The molecule has 10 nitrogen and oxygen atoms in total. The van der Waals surface area contributed by atoms with Crippen LogP contribution in [0, 0.1) is 6.92 Å². The van der Waals surface area contributed by atoms with Gasteiger partial charge in [0.1, 0.15) is 12.4 Å². The molecule has 0 aliphatic carbocycles. The zero-order valence-corrected chi connectivity index (χ0v) is 25.3. The predicted octanol–water partition coefficient (Wildman–Crippen LogP) is 3.43. The van der Waals surface area contributed by atoms with Gasteiger partial charge in [-0.05, 0) is 49.6 Å². The molecule has 3 aromatic rings. The molecule has 1 N–H and O–H groups in total. The number of likely N-dealkylation sites (N-methyl/N-ethyl adjacent to an activating group) is 1. The molecule has 0 bridgehead atoms. The molecular weight excluding hydrogens is 544 g/mol. The third-order valence-electron chi connectivity index (χ3n) is 9.41. The second-order valence-corrected chi connectivity index (χ2v) is 12.2. The van der Waals surface area contributed by atoms with Gasteiger partial charge in [-0.3, -0.25) is 4.79 Å². The number of ether oxygens (including phenoxy) is 3. The first-order valence-corrected chi connectivity index (χ1v) is 15.8. The molecule has 3 fully saturated rings. The number of carbonyl (C=O) groups is 1. The summed E-state index contributed by atoms with van der Waals surface area (Å²) in [6.07, 6.45) is 3.65. The number of rotatable bonds is 7. The molecule has 1 aromatic heterocycles. The van der Waals surface area contributed by atoms with Gasteiger partial charge in [-0.25, -0.2) is 0 Å². The molecule has 3 atom stereocenters. The van der Waals surface area contributed by atoms with Crippen molar-refractivity contribution in [1.29, 1.82) is 0 Å². The fourth-order valence-electron chi connectivity index (χ4n) is 6.98. The summed E-state index contributed by atoms with van der Waals surface area (Å²) in [6, 6.07) is 13.2. The minimum absolute atomic E-state index is 0.0586. The van der Waals surface area contributed by atoms with E-state index in [1.165, 1.54) is 27.6 Å². The fraction of sp³-hybridized carbons (Fsp3) is 0.545. The zero-order valence-electron chi connectivity index (χ0n) is 25.3. The van der Waals surface area contributed by atoms with Crippen molar-refractivity contribution in [3.05, 3.63) is 53.2 Å². The second kappa shape index (κ2) is 12.3. The van der Waals surface area contributed by atoms with Crippen LogP contribution in [0.2, 0.25) is 0 Å². The number of amides is 1. The third-order valence-corrected chi connectivity index (χ3v) is 9.41. The number of nitrogens with zero attached hydrogens (tertiary/aromatic N) is 5. The van der Waals surface area contributed by atoms with Crippen molar-refractivity contribution in [1.82, 2.24) is 20.2 Å². The molecule has 0 radical (unpaired) electrons. The van der Waals surface area contributed by atoms with E-state index in [1.54, 1.807) is 4.90 Å². The van der Waals surface area contributed by atoms with Crippen molar-refractivity contribution in [3.8, 4) is 6.01 Å². The van der Waals surface area contributed by atoms with E-state index >= 15 is 0 Å². The number of nitrogens with one attached hydrogen (secondary N) is 1. The smallest absolute Gasteiger partial charge is 0.318 e. The highest BCUT2D eigenvalue weighted by atomic mass is 16.7. The van der Waals surface area contributed by atoms with Crippen molar-refractivity contribution in [2.45, 2.75) is 64.0 Å². The summed E-state index contributed by atoms with van der Waals surface area (Å²) in [4.78, 5) is 29.2. The lowest BCUT2D eigenvalue weighted by atomic mass is 9.99. The maximum Gasteiger partial charge on any atom is 0.318 e. The monoisotopic (exact) mass is 586 g/mol. The van der Waals surface area contributed by atoms with Crippen molar-refractivity contribution >= 4 is 28.2 Å². The van der Waals surface area contributed by atoms with E-state index in [4.69, 9.17) is 24.2 Å². The Balaban J connectivity index is 1.16. The van der Waals surface area contributed by atoms with Gasteiger partial charge in [-0.1, -0.05) is 30.3 Å². The highest BCUT2D eigenvalue weighted by molar-refractivity contribution is 5.97. The van der Waals surface area contributed by atoms with Crippen molar-refractivity contribution < 1.29 is 19.0 Å². The highest BCUT2D eigenvalue weighted by Gasteiger charge is 2.41. The Morgan fingerprint density at radius 1 is 1.05 bits per heavy atom. The summed E-state index contributed by atoms with van der Waals surface area (Å²) in [5.74, 6) is 1.04. The summed E-state index contributed by atoms with van der Waals surface area (Å²) in [5, 5.41) is 6.00. The number of fused-ring (bicyclic) bond motifs is 2. The number of anilines is 2. The normalized spacial score (nSPS) is 24.5. The minimum Gasteiger partial charge on any atom is -0.461 e. The van der Waals surface area contributed by atoms with Crippen LogP contribution in [-0.4, -0.2) is 92.2 Å². The number of hydrogen-bond donors (Lipinski definition) is 1. The van der Waals surface area contributed by atoms with Crippen LogP contribution in [0.3, 0.4) is 0 Å². The molecule has 2 aromatic carbocycles. The highest BCUT2D eigenvalue weighted by Crippen LogP contribution is 2.35. The van der Waals surface area contributed by atoms with Crippen molar-refractivity contribution in [2.24, 2.45) is 0 Å². The molecule has 1 amide bonds. The number of likely N-dealkylation sites (tertiary alicyclic amines) is 1. The molecule has 228 valence electrons. The van der Waals surface area contributed by atoms with Crippen LogP contribution in [0.25, 0.3) is 10.8 Å². The van der Waals surface area contributed by atoms with Crippen molar-refractivity contribution in [3.63, 3.8) is 0 Å². The summed E-state index contributed by atoms with van der Waals surface area (Å²) in [7, 11) is 1.82. The first-order chi connectivity index (χ1) is 21.0. The van der Waals surface area contributed by atoms with Crippen LogP contribution < -0.4 is 19.9 Å². The lowest BCUT2D eigenvalue weighted by Crippen LogP contribution is -2.45. The Labute approximate surface area is 253 Å². The van der Waals surface area contributed by atoms with E-state index in [9.17, 15) is 4.79 Å². The Kier molecular flexibility index (Phi) is 8.07. The van der Waals surface area contributed by atoms with Gasteiger partial charge in [0.25, 0.3) is 0 Å². The van der Waals surface area contributed by atoms with Gasteiger partial charge in [0, 0.05) is 63.0 Å². The Morgan fingerprint density at radius 2 is 1.88 bits per heavy atom. The van der Waals surface area contributed by atoms with E-state index in [-0.39, 0.29) is 30.9 Å². The fourth-order valence-corrected chi connectivity index (χ4v) is 6.98. The minimum atomic E-state index is -0.282. The molecular formula is C33H42N6O4. The number of carbonyl (C=O) groups excluding carboxylic acids is 1. The molecule has 4 aliphatic heterocycles. The van der Waals surface area contributed by atoms with Gasteiger partial charge >= 0.3 is 6.01 Å². The quantitative estimate of drug-likeness (QED) is 0.447. The van der Waals surface area contributed by atoms with E-state index < -0.39 is 0 Å². The van der Waals surface area contributed by atoms with E-state index in [1.807, 2.05) is 7.05 Å². The second-order valence-electron chi connectivity index (χ2n) is 12.2. The maximum atomic E-state index is 12.7. The Morgan fingerprint density at radius 3 is 2.70 bits per heavy atom. The number of benzene rings is 2. The van der Waals surface area contributed by atoms with E-state index in [2.05, 4.69) is 58.4 Å².